The SMILES string of the molecule is CNC(=O)c1cnc2[nH]ccc2c1N[C@H]1C2CC3C[C@@H]1C[C@](O)(C3)C2. The maximum absolute atomic E-state index is 12.4. The Morgan fingerprint density at radius 2 is 2.08 bits per heavy atom. The minimum atomic E-state index is -0.444. The summed E-state index contributed by atoms with van der Waals surface area (Å²) in [7, 11) is 1.64. The van der Waals surface area contributed by atoms with Gasteiger partial charge in [0.25, 0.3) is 5.91 Å². The molecule has 2 aromatic heterocycles. The third-order valence-electron chi connectivity index (χ3n) is 6.61. The van der Waals surface area contributed by atoms with E-state index in [1.807, 2.05) is 12.3 Å². The summed E-state index contributed by atoms with van der Waals surface area (Å²) in [4.78, 5) is 19.9. The standard InChI is InChI=1S/C19H24N4O2/c1-20-18(24)14-9-22-17-13(2-3-21-17)16(14)23-15-11-4-10-5-12(15)8-19(25,6-10)7-11/h2-3,9-12,15,25H,4-8H2,1H3,(H,20,24)(H2,21,22,23)/t10?,11-,12?,15-,19-/m1/s1. The third-order valence-corrected chi connectivity index (χ3v) is 6.61. The lowest BCUT2D eigenvalue weighted by Crippen LogP contribution is -2.59. The van der Waals surface area contributed by atoms with Gasteiger partial charge in [-0.15, -0.1) is 0 Å². The van der Waals surface area contributed by atoms with Crippen molar-refractivity contribution in [3.05, 3.63) is 24.0 Å². The van der Waals surface area contributed by atoms with E-state index in [9.17, 15) is 9.90 Å². The van der Waals surface area contributed by atoms with Crippen LogP contribution in [0.1, 0.15) is 42.5 Å². The van der Waals surface area contributed by atoms with E-state index in [1.54, 1.807) is 13.2 Å². The average molecular weight is 340 g/mol. The van der Waals surface area contributed by atoms with Crippen LogP contribution in [0.25, 0.3) is 11.0 Å². The maximum Gasteiger partial charge on any atom is 0.254 e. The molecule has 5 atom stereocenters. The van der Waals surface area contributed by atoms with Gasteiger partial charge >= 0.3 is 0 Å². The molecule has 0 aliphatic heterocycles. The fourth-order valence-corrected chi connectivity index (χ4v) is 5.85. The topological polar surface area (TPSA) is 90.0 Å². The number of amides is 1. The summed E-state index contributed by atoms with van der Waals surface area (Å²) in [5, 5.41) is 18.2. The van der Waals surface area contributed by atoms with Gasteiger partial charge in [0, 0.05) is 30.9 Å². The van der Waals surface area contributed by atoms with Crippen LogP contribution >= 0.6 is 0 Å². The lowest BCUT2D eigenvalue weighted by atomic mass is 9.52. The zero-order valence-electron chi connectivity index (χ0n) is 14.4. The average Bonchev–Trinajstić information content (AvgIpc) is 3.04. The Bertz CT molecular complexity index is 829. The molecule has 0 aromatic carbocycles. The predicted molar refractivity (Wildman–Crippen MR) is 95.4 cm³/mol. The Hall–Kier alpha value is -2.08. The van der Waals surface area contributed by atoms with Gasteiger partial charge in [0.1, 0.15) is 5.65 Å². The molecule has 2 heterocycles. The molecule has 4 aliphatic carbocycles. The van der Waals surface area contributed by atoms with Crippen LogP contribution in [-0.2, 0) is 0 Å². The van der Waals surface area contributed by atoms with Crippen LogP contribution in [0.15, 0.2) is 18.5 Å². The monoisotopic (exact) mass is 340 g/mol. The van der Waals surface area contributed by atoms with Crippen LogP contribution in [-0.4, -0.2) is 39.7 Å². The number of nitrogens with one attached hydrogen (secondary N) is 3. The molecule has 6 rings (SSSR count). The van der Waals surface area contributed by atoms with Crippen molar-refractivity contribution in [3.8, 4) is 0 Å². The highest BCUT2D eigenvalue weighted by molar-refractivity contribution is 6.06. The number of rotatable bonds is 3. The molecule has 6 nitrogen and oxygen atoms in total. The molecule has 4 fully saturated rings. The van der Waals surface area contributed by atoms with Gasteiger partial charge < -0.3 is 20.7 Å². The number of H-pyrrole nitrogens is 1. The summed E-state index contributed by atoms with van der Waals surface area (Å²) in [5.74, 6) is 1.51. The van der Waals surface area contributed by atoms with E-state index in [1.165, 1.54) is 12.8 Å². The smallest absolute Gasteiger partial charge is 0.254 e. The minimum Gasteiger partial charge on any atom is -0.390 e. The first-order valence-electron chi connectivity index (χ1n) is 9.23. The van der Waals surface area contributed by atoms with Gasteiger partial charge in [0.05, 0.1) is 16.9 Å². The molecule has 0 radical (unpaired) electrons. The number of fused-ring (bicyclic) bond motifs is 1. The van der Waals surface area contributed by atoms with Crippen molar-refractivity contribution in [2.45, 2.75) is 43.7 Å². The number of nitrogens with zero attached hydrogens (tertiary/aromatic N) is 1. The molecule has 0 spiro atoms. The maximum atomic E-state index is 12.4. The number of carbonyl (C=O) groups is 1. The van der Waals surface area contributed by atoms with E-state index < -0.39 is 5.60 Å². The summed E-state index contributed by atoms with van der Waals surface area (Å²) < 4.78 is 0. The van der Waals surface area contributed by atoms with Crippen molar-refractivity contribution in [1.29, 1.82) is 0 Å². The molecular formula is C19H24N4O2. The number of aliphatic hydroxyl groups is 1. The number of aromatic amines is 1. The molecule has 4 bridgehead atoms. The van der Waals surface area contributed by atoms with Crippen molar-refractivity contribution in [3.63, 3.8) is 0 Å². The van der Waals surface area contributed by atoms with Crippen LogP contribution in [0.2, 0.25) is 0 Å². The van der Waals surface area contributed by atoms with Crippen molar-refractivity contribution < 1.29 is 9.90 Å². The van der Waals surface area contributed by atoms with Crippen LogP contribution in [0.5, 0.6) is 0 Å². The first-order valence-corrected chi connectivity index (χ1v) is 9.23. The molecule has 6 heteroatoms. The zero-order chi connectivity index (χ0) is 17.2. The van der Waals surface area contributed by atoms with Crippen molar-refractivity contribution in [2.75, 3.05) is 12.4 Å². The highest BCUT2D eigenvalue weighted by Crippen LogP contribution is 2.56. The van der Waals surface area contributed by atoms with Gasteiger partial charge in [0.2, 0.25) is 0 Å². The van der Waals surface area contributed by atoms with Gasteiger partial charge in [-0.1, -0.05) is 0 Å². The molecule has 2 aromatic rings. The van der Waals surface area contributed by atoms with Gasteiger partial charge in [0.15, 0.2) is 0 Å². The Morgan fingerprint density at radius 1 is 1.32 bits per heavy atom. The number of carbonyl (C=O) groups excluding carboxylic acids is 1. The first kappa shape index (κ1) is 15.2. The van der Waals surface area contributed by atoms with Crippen LogP contribution in [0.4, 0.5) is 5.69 Å². The second-order valence-corrected chi connectivity index (χ2v) is 8.23. The predicted octanol–water partition coefficient (Wildman–Crippen LogP) is 2.27. The van der Waals surface area contributed by atoms with Crippen LogP contribution in [0.3, 0.4) is 0 Å². The molecule has 2 unspecified atom stereocenters. The van der Waals surface area contributed by atoms with Crippen LogP contribution in [0, 0.1) is 17.8 Å². The van der Waals surface area contributed by atoms with Crippen LogP contribution < -0.4 is 10.6 Å². The normalized spacial score (nSPS) is 35.9. The number of anilines is 1. The second-order valence-electron chi connectivity index (χ2n) is 8.23. The number of hydrogen-bond acceptors (Lipinski definition) is 4. The summed E-state index contributed by atoms with van der Waals surface area (Å²) in [5.41, 5.74) is 1.80. The van der Waals surface area contributed by atoms with E-state index in [0.717, 1.165) is 36.0 Å². The van der Waals surface area contributed by atoms with Crippen molar-refractivity contribution in [2.24, 2.45) is 17.8 Å². The van der Waals surface area contributed by atoms with E-state index >= 15 is 0 Å². The highest BCUT2D eigenvalue weighted by atomic mass is 16.3. The molecule has 132 valence electrons. The molecule has 1 amide bonds. The quantitative estimate of drug-likeness (QED) is 0.690. The van der Waals surface area contributed by atoms with Gasteiger partial charge in [-0.05, 0) is 55.9 Å². The number of hydrogen-bond donors (Lipinski definition) is 4. The van der Waals surface area contributed by atoms with Crippen molar-refractivity contribution in [1.82, 2.24) is 15.3 Å². The molecule has 4 N–H and O–H groups in total. The second kappa shape index (κ2) is 5.21. The summed E-state index contributed by atoms with van der Waals surface area (Å²) >= 11 is 0. The fourth-order valence-electron chi connectivity index (χ4n) is 5.85. The minimum absolute atomic E-state index is 0.124. The van der Waals surface area contributed by atoms with E-state index in [2.05, 4.69) is 20.6 Å². The third kappa shape index (κ3) is 2.27. The summed E-state index contributed by atoms with van der Waals surface area (Å²) in [6.07, 6.45) is 8.62. The van der Waals surface area contributed by atoms with E-state index in [-0.39, 0.29) is 5.91 Å². The number of pyridine rings is 1. The summed E-state index contributed by atoms with van der Waals surface area (Å²) in [6, 6.07) is 2.29. The Balaban J connectivity index is 1.54. The fraction of sp³-hybridized carbons (Fsp3) is 0.579. The lowest BCUT2D eigenvalue weighted by molar-refractivity contribution is -0.129. The van der Waals surface area contributed by atoms with Gasteiger partial charge in [-0.2, -0.15) is 0 Å². The Morgan fingerprint density at radius 3 is 2.76 bits per heavy atom. The molecule has 4 aliphatic rings. The van der Waals surface area contributed by atoms with Crippen molar-refractivity contribution >= 4 is 22.6 Å². The Labute approximate surface area is 146 Å². The Kier molecular flexibility index (Phi) is 3.17. The zero-order valence-corrected chi connectivity index (χ0v) is 14.4. The largest absolute Gasteiger partial charge is 0.390 e. The van der Waals surface area contributed by atoms with E-state index in [0.29, 0.717) is 29.4 Å². The number of aromatic nitrogens is 2. The highest BCUT2D eigenvalue weighted by Gasteiger charge is 2.54. The van der Waals surface area contributed by atoms with Gasteiger partial charge in [-0.25, -0.2) is 4.98 Å². The summed E-state index contributed by atoms with van der Waals surface area (Å²) in [6.45, 7) is 0. The molecule has 25 heavy (non-hydrogen) atoms. The molecule has 0 saturated heterocycles. The lowest BCUT2D eigenvalue weighted by Gasteiger charge is -2.58. The van der Waals surface area contributed by atoms with Gasteiger partial charge in [-0.3, -0.25) is 4.79 Å². The molecular weight excluding hydrogens is 316 g/mol. The first-order chi connectivity index (χ1) is 12.1. The van der Waals surface area contributed by atoms with E-state index in [4.69, 9.17) is 0 Å². The molecule has 4 saturated carbocycles.